The van der Waals surface area contributed by atoms with Crippen molar-refractivity contribution in [3.63, 3.8) is 0 Å². The highest BCUT2D eigenvalue weighted by atomic mass is 19.4. The smallest absolute Gasteiger partial charge is 0.468 e. The zero-order valence-corrected chi connectivity index (χ0v) is 16.5. The summed E-state index contributed by atoms with van der Waals surface area (Å²) in [5, 5.41) is 2.71. The fraction of sp³-hybridized carbons (Fsp3) is 0.556. The zero-order chi connectivity index (χ0) is 21.2. The van der Waals surface area contributed by atoms with Crippen LogP contribution in [0.25, 0.3) is 6.08 Å². The van der Waals surface area contributed by atoms with Crippen LogP contribution in [-0.2, 0) is 14.1 Å². The highest BCUT2D eigenvalue weighted by Gasteiger charge is 2.52. The molecule has 6 nitrogen and oxygen atoms in total. The summed E-state index contributed by atoms with van der Waals surface area (Å²) in [7, 11) is -0.682. The maximum atomic E-state index is 12.2. The summed E-state index contributed by atoms with van der Waals surface area (Å²) in [6, 6.07) is 2.91. The molecule has 10 heteroatoms. The molecular formula is C18H24BF3N2O4. The van der Waals surface area contributed by atoms with Crippen LogP contribution in [0.2, 0.25) is 0 Å². The molecule has 1 amide bonds. The van der Waals surface area contributed by atoms with E-state index < -0.39 is 31.1 Å². The van der Waals surface area contributed by atoms with Crippen molar-refractivity contribution >= 4 is 19.1 Å². The minimum absolute atomic E-state index is 0.131. The van der Waals surface area contributed by atoms with Gasteiger partial charge in [-0.05, 0) is 44.8 Å². The summed E-state index contributed by atoms with van der Waals surface area (Å²) in [5.41, 5.74) is 0.148. The van der Waals surface area contributed by atoms with Crippen LogP contribution in [0.5, 0.6) is 5.88 Å². The Hall–Kier alpha value is -2.07. The maximum Gasteiger partial charge on any atom is 0.492 e. The molecule has 28 heavy (non-hydrogen) atoms. The van der Waals surface area contributed by atoms with E-state index in [4.69, 9.17) is 9.31 Å². The Kier molecular flexibility index (Phi) is 6.45. The van der Waals surface area contributed by atoms with E-state index in [1.165, 1.54) is 19.2 Å². The van der Waals surface area contributed by atoms with Crippen molar-refractivity contribution in [3.8, 4) is 5.88 Å². The molecular weight excluding hydrogens is 376 g/mol. The first-order valence-corrected chi connectivity index (χ1v) is 8.75. The first kappa shape index (κ1) is 22.2. The fourth-order valence-electron chi connectivity index (χ4n) is 2.36. The number of alkyl halides is 3. The van der Waals surface area contributed by atoms with Crippen molar-refractivity contribution in [2.45, 2.75) is 52.0 Å². The lowest BCUT2D eigenvalue weighted by molar-refractivity contribution is -0.154. The molecule has 1 aromatic rings. The molecule has 2 heterocycles. The quantitative estimate of drug-likeness (QED) is 0.743. The molecule has 0 unspecified atom stereocenters. The number of amides is 1. The summed E-state index contributed by atoms with van der Waals surface area (Å²) in [4.78, 5) is 15.2. The van der Waals surface area contributed by atoms with Crippen LogP contribution in [0, 0.1) is 0 Å². The maximum absolute atomic E-state index is 12.2. The second-order valence-electron chi connectivity index (χ2n) is 7.55. The zero-order valence-electron chi connectivity index (χ0n) is 16.5. The topological polar surface area (TPSA) is 69.7 Å². The van der Waals surface area contributed by atoms with Gasteiger partial charge < -0.3 is 19.4 Å². The van der Waals surface area contributed by atoms with E-state index in [0.717, 1.165) is 0 Å². The number of carbonyl (C=O) groups excluding carboxylic acids is 1. The van der Waals surface area contributed by atoms with Gasteiger partial charge in [-0.1, -0.05) is 6.08 Å². The molecule has 0 saturated carbocycles. The lowest BCUT2D eigenvalue weighted by atomic mass is 9.77. The molecule has 2 rings (SSSR count). The molecule has 1 aromatic heterocycles. The van der Waals surface area contributed by atoms with Gasteiger partial charge in [0.2, 0.25) is 11.8 Å². The number of nitrogens with zero attached hydrogens (tertiary/aromatic N) is 1. The summed E-state index contributed by atoms with van der Waals surface area (Å²) < 4.78 is 53.3. The molecule has 0 aromatic carbocycles. The summed E-state index contributed by atoms with van der Waals surface area (Å²) in [6.45, 7) is 7.84. The van der Waals surface area contributed by atoms with E-state index in [1.54, 1.807) is 12.1 Å². The molecule has 1 aliphatic rings. The molecule has 0 aliphatic carbocycles. The largest absolute Gasteiger partial charge is 0.492 e. The number of ether oxygens (including phenoxy) is 1. The number of hydrogen-bond acceptors (Lipinski definition) is 5. The van der Waals surface area contributed by atoms with Crippen molar-refractivity contribution < 1.29 is 32.0 Å². The predicted molar refractivity (Wildman–Crippen MR) is 98.5 cm³/mol. The van der Waals surface area contributed by atoms with Gasteiger partial charge in [0, 0.05) is 25.7 Å². The minimum atomic E-state index is -4.43. The fourth-order valence-corrected chi connectivity index (χ4v) is 2.36. The van der Waals surface area contributed by atoms with Crippen molar-refractivity contribution in [1.82, 2.24) is 10.3 Å². The number of carbonyl (C=O) groups is 1. The molecule has 1 fully saturated rings. The van der Waals surface area contributed by atoms with E-state index >= 15 is 0 Å². The molecule has 0 radical (unpaired) electrons. The van der Waals surface area contributed by atoms with E-state index in [2.05, 4.69) is 15.0 Å². The third-order valence-electron chi connectivity index (χ3n) is 4.59. The number of halogens is 3. The van der Waals surface area contributed by atoms with Crippen LogP contribution in [0.1, 0.15) is 40.2 Å². The molecule has 0 bridgehead atoms. The molecule has 1 saturated heterocycles. The lowest BCUT2D eigenvalue weighted by Crippen LogP contribution is -2.41. The number of pyridine rings is 1. The van der Waals surface area contributed by atoms with Crippen molar-refractivity contribution in [2.24, 2.45) is 0 Å². The number of hydrogen-bond donors (Lipinski definition) is 1. The second kappa shape index (κ2) is 8.12. The van der Waals surface area contributed by atoms with Gasteiger partial charge >= 0.3 is 13.3 Å². The molecule has 1 aliphatic heterocycles. The minimum Gasteiger partial charge on any atom is -0.468 e. The average molecular weight is 400 g/mol. The number of rotatable bonds is 6. The molecule has 1 N–H and O–H groups in total. The molecule has 154 valence electrons. The predicted octanol–water partition coefficient (Wildman–Crippen LogP) is 3.17. The van der Waals surface area contributed by atoms with Crippen LogP contribution in [0.3, 0.4) is 0 Å². The standard InChI is InChI=1S/C18H24BF3N2O4/c1-12(25)23-10-14(19-27-16(2,3)17(4,5)28-19)8-13-6-7-15(24-9-13)26-11-18(20,21)22/h6-9H,10-11H2,1-5H3,(H,23,25). The van der Waals surface area contributed by atoms with Gasteiger partial charge in [0.15, 0.2) is 6.61 Å². The monoisotopic (exact) mass is 400 g/mol. The third kappa shape index (κ3) is 5.97. The van der Waals surface area contributed by atoms with E-state index in [9.17, 15) is 18.0 Å². The summed E-state index contributed by atoms with van der Waals surface area (Å²) in [5.74, 6) is -0.343. The van der Waals surface area contributed by atoms with Crippen LogP contribution < -0.4 is 10.1 Å². The van der Waals surface area contributed by atoms with Gasteiger partial charge in [-0.15, -0.1) is 0 Å². The van der Waals surface area contributed by atoms with Gasteiger partial charge in [-0.3, -0.25) is 4.79 Å². The Labute approximate surface area is 162 Å². The van der Waals surface area contributed by atoms with Gasteiger partial charge in [0.25, 0.3) is 0 Å². The van der Waals surface area contributed by atoms with Crippen molar-refractivity contribution in [2.75, 3.05) is 13.2 Å². The Morgan fingerprint density at radius 2 is 1.86 bits per heavy atom. The van der Waals surface area contributed by atoms with E-state index in [-0.39, 0.29) is 18.3 Å². The highest BCUT2D eigenvalue weighted by Crippen LogP contribution is 2.38. The van der Waals surface area contributed by atoms with Crippen LogP contribution in [0.4, 0.5) is 13.2 Å². The van der Waals surface area contributed by atoms with Crippen LogP contribution in [-0.4, -0.2) is 48.5 Å². The number of aromatic nitrogens is 1. The van der Waals surface area contributed by atoms with Crippen LogP contribution >= 0.6 is 0 Å². The number of nitrogens with one attached hydrogen (secondary N) is 1. The Bertz CT molecular complexity index is 717. The third-order valence-corrected chi connectivity index (χ3v) is 4.59. The van der Waals surface area contributed by atoms with E-state index in [0.29, 0.717) is 11.0 Å². The first-order chi connectivity index (χ1) is 12.8. The van der Waals surface area contributed by atoms with Crippen LogP contribution in [0.15, 0.2) is 23.8 Å². The first-order valence-electron chi connectivity index (χ1n) is 8.75. The Morgan fingerprint density at radius 1 is 1.25 bits per heavy atom. The van der Waals surface area contributed by atoms with Crippen molar-refractivity contribution in [1.29, 1.82) is 0 Å². The lowest BCUT2D eigenvalue weighted by Gasteiger charge is -2.32. The Morgan fingerprint density at radius 3 is 2.32 bits per heavy atom. The molecule has 0 atom stereocenters. The van der Waals surface area contributed by atoms with Gasteiger partial charge in [-0.25, -0.2) is 4.98 Å². The second-order valence-corrected chi connectivity index (χ2v) is 7.55. The average Bonchev–Trinajstić information content (AvgIpc) is 2.77. The normalized spacial score (nSPS) is 18.9. The van der Waals surface area contributed by atoms with Gasteiger partial charge in [0.1, 0.15) is 0 Å². The highest BCUT2D eigenvalue weighted by molar-refractivity contribution is 6.56. The summed E-state index contributed by atoms with van der Waals surface area (Å²) >= 11 is 0. The van der Waals surface area contributed by atoms with E-state index in [1.807, 2.05) is 27.7 Å². The Balaban J connectivity index is 2.19. The SMILES string of the molecule is CC(=O)NCC(=Cc1ccc(OCC(F)(F)F)nc1)B1OC(C)(C)C(C)(C)O1. The summed E-state index contributed by atoms with van der Waals surface area (Å²) in [6.07, 6.45) is -1.33. The van der Waals surface area contributed by atoms with Crippen molar-refractivity contribution in [3.05, 3.63) is 29.4 Å². The van der Waals surface area contributed by atoms with Gasteiger partial charge in [-0.2, -0.15) is 13.2 Å². The van der Waals surface area contributed by atoms with Gasteiger partial charge in [0.05, 0.1) is 11.2 Å². The molecule has 0 spiro atoms.